The maximum atomic E-state index is 5.78. The minimum absolute atomic E-state index is 0. The summed E-state index contributed by atoms with van der Waals surface area (Å²) in [5.41, 5.74) is 8.21. The molecule has 2 nitrogen and oxygen atoms in total. The van der Waals surface area contributed by atoms with Gasteiger partial charge in [0.1, 0.15) is 0 Å². The second-order valence-electron chi connectivity index (χ2n) is 2.69. The lowest BCUT2D eigenvalue weighted by molar-refractivity contribution is 0.698. The fourth-order valence-corrected chi connectivity index (χ4v) is 1.44. The molecule has 1 heterocycles. The molecule has 0 saturated heterocycles. The van der Waals surface area contributed by atoms with Crippen LogP contribution >= 0.6 is 24.8 Å². The lowest BCUT2D eigenvalue weighted by Gasteiger charge is -2.00. The monoisotopic (exact) mass is 206 g/mol. The molecule has 0 unspecified atom stereocenters. The average molecular weight is 207 g/mol. The van der Waals surface area contributed by atoms with Gasteiger partial charge in [-0.25, -0.2) is 0 Å². The third-order valence-electron chi connectivity index (χ3n) is 2.00. The third-order valence-corrected chi connectivity index (χ3v) is 2.00. The molecule has 1 aliphatic rings. The molecule has 1 aromatic heterocycles. The molecule has 2 N–H and O–H groups in total. The molecule has 0 aromatic carbocycles. The van der Waals surface area contributed by atoms with Crippen LogP contribution in [0, 0.1) is 0 Å². The predicted molar refractivity (Wildman–Crippen MR) is 54.0 cm³/mol. The molecular weight excluding hydrogens is 195 g/mol. The van der Waals surface area contributed by atoms with E-state index >= 15 is 0 Å². The van der Waals surface area contributed by atoms with Crippen LogP contribution in [0.3, 0.4) is 0 Å². The molecule has 2 rings (SSSR count). The number of nitrogens with zero attached hydrogens (tertiary/aromatic N) is 1. The summed E-state index contributed by atoms with van der Waals surface area (Å²) in [6.45, 7) is 0. The molecule has 1 atom stereocenters. The number of nitrogens with two attached hydrogens (primary N) is 1. The van der Waals surface area contributed by atoms with Crippen LogP contribution in [0.5, 0.6) is 0 Å². The van der Waals surface area contributed by atoms with Gasteiger partial charge >= 0.3 is 0 Å². The maximum absolute atomic E-state index is 5.78. The quantitative estimate of drug-likeness (QED) is 0.705. The molecule has 0 fully saturated rings. The van der Waals surface area contributed by atoms with Gasteiger partial charge in [0.2, 0.25) is 0 Å². The van der Waals surface area contributed by atoms with E-state index in [0.717, 1.165) is 18.5 Å². The normalized spacial score (nSPS) is 18.9. The molecule has 68 valence electrons. The zero-order chi connectivity index (χ0) is 6.97. The highest BCUT2D eigenvalue weighted by Crippen LogP contribution is 2.25. The number of rotatable bonds is 0. The van der Waals surface area contributed by atoms with Crippen LogP contribution in [0.1, 0.15) is 23.7 Å². The van der Waals surface area contributed by atoms with Gasteiger partial charge in [0.15, 0.2) is 0 Å². The highest BCUT2D eigenvalue weighted by Gasteiger charge is 2.18. The van der Waals surface area contributed by atoms with Crippen molar-refractivity contribution in [1.29, 1.82) is 0 Å². The Bertz CT molecular complexity index is 253. The Morgan fingerprint density at radius 2 is 2.17 bits per heavy atom. The van der Waals surface area contributed by atoms with Crippen LogP contribution in [0.4, 0.5) is 0 Å². The summed E-state index contributed by atoms with van der Waals surface area (Å²) >= 11 is 0. The van der Waals surface area contributed by atoms with E-state index in [1.807, 2.05) is 12.3 Å². The van der Waals surface area contributed by atoms with Gasteiger partial charge in [-0.3, -0.25) is 4.98 Å². The number of fused-ring (bicyclic) bond motifs is 1. The van der Waals surface area contributed by atoms with E-state index in [-0.39, 0.29) is 30.9 Å². The zero-order valence-electron chi connectivity index (χ0n) is 6.56. The topological polar surface area (TPSA) is 38.9 Å². The molecule has 0 aliphatic heterocycles. The first kappa shape index (κ1) is 11.7. The smallest absolute Gasteiger partial charge is 0.0602 e. The largest absolute Gasteiger partial charge is 0.323 e. The molecule has 4 heteroatoms. The first-order chi connectivity index (χ1) is 4.88. The van der Waals surface area contributed by atoms with Crippen LogP contribution in [0.15, 0.2) is 18.3 Å². The maximum Gasteiger partial charge on any atom is 0.0602 e. The van der Waals surface area contributed by atoms with Gasteiger partial charge < -0.3 is 5.73 Å². The van der Waals surface area contributed by atoms with Crippen LogP contribution in [-0.4, -0.2) is 4.98 Å². The Balaban J connectivity index is 0.000000605. The van der Waals surface area contributed by atoms with Crippen molar-refractivity contribution >= 4 is 24.8 Å². The van der Waals surface area contributed by atoms with Crippen LogP contribution < -0.4 is 5.73 Å². The molecular formula is C8H12Cl2N2. The van der Waals surface area contributed by atoms with Crippen molar-refractivity contribution in [1.82, 2.24) is 4.98 Å². The number of halogens is 2. The Morgan fingerprint density at radius 1 is 1.42 bits per heavy atom. The first-order valence-electron chi connectivity index (χ1n) is 3.57. The molecule has 0 amide bonds. The summed E-state index contributed by atoms with van der Waals surface area (Å²) in [5, 5.41) is 0. The van der Waals surface area contributed by atoms with Gasteiger partial charge in [-0.05, 0) is 24.5 Å². The second kappa shape index (κ2) is 4.65. The average Bonchev–Trinajstić information content (AvgIpc) is 2.34. The van der Waals surface area contributed by atoms with Crippen molar-refractivity contribution in [2.45, 2.75) is 18.9 Å². The minimum Gasteiger partial charge on any atom is -0.323 e. The lowest BCUT2D eigenvalue weighted by Crippen LogP contribution is -2.06. The van der Waals surface area contributed by atoms with Crippen molar-refractivity contribution < 1.29 is 0 Å². The van der Waals surface area contributed by atoms with Crippen molar-refractivity contribution in [3.63, 3.8) is 0 Å². The Labute approximate surface area is 84.4 Å². The molecule has 12 heavy (non-hydrogen) atoms. The summed E-state index contributed by atoms with van der Waals surface area (Å²) in [6.07, 6.45) is 3.97. The number of hydrogen-bond acceptors (Lipinski definition) is 2. The van der Waals surface area contributed by atoms with E-state index in [0.29, 0.717) is 0 Å². The lowest BCUT2D eigenvalue weighted by atomic mass is 10.2. The molecule has 0 radical (unpaired) electrons. The first-order valence-corrected chi connectivity index (χ1v) is 3.57. The highest BCUT2D eigenvalue weighted by molar-refractivity contribution is 5.85. The molecule has 0 bridgehead atoms. The van der Waals surface area contributed by atoms with Crippen LogP contribution in [0.25, 0.3) is 0 Å². The van der Waals surface area contributed by atoms with E-state index in [1.165, 1.54) is 5.56 Å². The van der Waals surface area contributed by atoms with Gasteiger partial charge in [-0.2, -0.15) is 0 Å². The fraction of sp³-hybridized carbons (Fsp3) is 0.375. The van der Waals surface area contributed by atoms with E-state index in [9.17, 15) is 0 Å². The number of hydrogen-bond donors (Lipinski definition) is 1. The fourth-order valence-electron chi connectivity index (χ4n) is 1.44. The molecule has 0 spiro atoms. The van der Waals surface area contributed by atoms with E-state index in [2.05, 4.69) is 11.1 Å². The second-order valence-corrected chi connectivity index (χ2v) is 2.69. The van der Waals surface area contributed by atoms with Crippen molar-refractivity contribution in [2.24, 2.45) is 5.73 Å². The summed E-state index contributed by atoms with van der Waals surface area (Å²) in [7, 11) is 0. The minimum atomic E-state index is 0. The van der Waals surface area contributed by atoms with Gasteiger partial charge in [0.25, 0.3) is 0 Å². The van der Waals surface area contributed by atoms with Crippen molar-refractivity contribution in [3.8, 4) is 0 Å². The number of aromatic nitrogens is 1. The standard InChI is InChI=1S/C8H10N2.2ClH/c9-7-4-3-6-2-1-5-10-8(6)7;;/h1-2,5,7H,3-4,9H2;2*1H/t7-;;/m0../s1. The summed E-state index contributed by atoms with van der Waals surface area (Å²) in [6, 6.07) is 4.27. The van der Waals surface area contributed by atoms with E-state index < -0.39 is 0 Å². The van der Waals surface area contributed by atoms with Crippen molar-refractivity contribution in [2.75, 3.05) is 0 Å². The summed E-state index contributed by atoms with van der Waals surface area (Å²) in [5.74, 6) is 0. The van der Waals surface area contributed by atoms with E-state index in [1.54, 1.807) is 0 Å². The van der Waals surface area contributed by atoms with Gasteiger partial charge in [0, 0.05) is 12.2 Å². The Hall–Kier alpha value is -0.310. The highest BCUT2D eigenvalue weighted by atomic mass is 35.5. The Kier molecular flexibility index (Phi) is 4.53. The van der Waals surface area contributed by atoms with Gasteiger partial charge in [0.05, 0.1) is 5.69 Å². The van der Waals surface area contributed by atoms with Gasteiger partial charge in [-0.1, -0.05) is 6.07 Å². The predicted octanol–water partition coefficient (Wildman–Crippen LogP) is 1.87. The van der Waals surface area contributed by atoms with Crippen LogP contribution in [-0.2, 0) is 6.42 Å². The summed E-state index contributed by atoms with van der Waals surface area (Å²) in [4.78, 5) is 4.22. The SMILES string of the molecule is Cl.Cl.N[C@H]1CCc2cccnc21. The third kappa shape index (κ3) is 1.89. The molecule has 1 aliphatic carbocycles. The summed E-state index contributed by atoms with van der Waals surface area (Å²) < 4.78 is 0. The van der Waals surface area contributed by atoms with Gasteiger partial charge in [-0.15, -0.1) is 24.8 Å². The number of aryl methyl sites for hydroxylation is 1. The molecule has 1 aromatic rings. The zero-order valence-corrected chi connectivity index (χ0v) is 8.20. The van der Waals surface area contributed by atoms with Crippen molar-refractivity contribution in [3.05, 3.63) is 29.6 Å². The number of pyridine rings is 1. The molecule has 0 saturated carbocycles. The van der Waals surface area contributed by atoms with Crippen LogP contribution in [0.2, 0.25) is 0 Å². The Morgan fingerprint density at radius 3 is 2.83 bits per heavy atom. The van der Waals surface area contributed by atoms with E-state index in [4.69, 9.17) is 5.73 Å².